The van der Waals surface area contributed by atoms with Crippen molar-refractivity contribution in [2.24, 2.45) is 0 Å². The van der Waals surface area contributed by atoms with Crippen LogP contribution in [0.1, 0.15) is 45.3 Å². The van der Waals surface area contributed by atoms with Gasteiger partial charge in [0.05, 0.1) is 17.1 Å². The molecule has 0 unspecified atom stereocenters. The SMILES string of the molecule is CCC(CC)Oc1c([C@H](C)O)cc(Br)cc1[N+](=O)[O-]. The molecule has 0 aliphatic rings. The highest BCUT2D eigenvalue weighted by Gasteiger charge is 2.25. The monoisotopic (exact) mass is 331 g/mol. The lowest BCUT2D eigenvalue weighted by molar-refractivity contribution is -0.386. The summed E-state index contributed by atoms with van der Waals surface area (Å²) in [5, 5.41) is 20.9. The number of ether oxygens (including phenoxy) is 1. The van der Waals surface area contributed by atoms with Crippen molar-refractivity contribution in [1.82, 2.24) is 0 Å². The summed E-state index contributed by atoms with van der Waals surface area (Å²) >= 11 is 3.21. The summed E-state index contributed by atoms with van der Waals surface area (Å²) in [7, 11) is 0. The second-order valence-electron chi connectivity index (χ2n) is 4.33. The van der Waals surface area contributed by atoms with Crippen molar-refractivity contribution in [3.63, 3.8) is 0 Å². The van der Waals surface area contributed by atoms with Gasteiger partial charge in [-0.05, 0) is 25.8 Å². The molecule has 0 saturated heterocycles. The number of nitro benzene ring substituents is 1. The summed E-state index contributed by atoms with van der Waals surface area (Å²) < 4.78 is 6.28. The zero-order valence-electron chi connectivity index (χ0n) is 11.2. The van der Waals surface area contributed by atoms with E-state index in [9.17, 15) is 15.2 Å². The van der Waals surface area contributed by atoms with Crippen LogP contribution in [0.2, 0.25) is 0 Å². The van der Waals surface area contributed by atoms with Gasteiger partial charge in [-0.15, -0.1) is 0 Å². The van der Waals surface area contributed by atoms with Crippen LogP contribution in [0.15, 0.2) is 16.6 Å². The Morgan fingerprint density at radius 2 is 2.00 bits per heavy atom. The van der Waals surface area contributed by atoms with Crippen molar-refractivity contribution in [2.75, 3.05) is 0 Å². The molecule has 0 bridgehead atoms. The summed E-state index contributed by atoms with van der Waals surface area (Å²) in [6.45, 7) is 5.48. The molecule has 1 N–H and O–H groups in total. The lowest BCUT2D eigenvalue weighted by Crippen LogP contribution is -2.16. The molecule has 1 aromatic rings. The molecule has 6 heteroatoms. The van der Waals surface area contributed by atoms with Crippen LogP contribution < -0.4 is 4.74 Å². The largest absolute Gasteiger partial charge is 0.483 e. The summed E-state index contributed by atoms with van der Waals surface area (Å²) in [4.78, 5) is 10.6. The molecular weight excluding hydrogens is 314 g/mol. The maximum absolute atomic E-state index is 11.1. The Morgan fingerprint density at radius 3 is 2.42 bits per heavy atom. The third-order valence-electron chi connectivity index (χ3n) is 2.90. The first-order valence-electron chi connectivity index (χ1n) is 6.23. The Morgan fingerprint density at radius 1 is 1.42 bits per heavy atom. The van der Waals surface area contributed by atoms with Gasteiger partial charge in [-0.3, -0.25) is 10.1 Å². The zero-order chi connectivity index (χ0) is 14.6. The number of benzene rings is 1. The Kier molecular flexibility index (Phi) is 5.75. The summed E-state index contributed by atoms with van der Waals surface area (Å²) in [6, 6.07) is 3.04. The lowest BCUT2D eigenvalue weighted by atomic mass is 10.1. The first-order chi connectivity index (χ1) is 8.90. The Bertz CT molecular complexity index is 458. The molecule has 19 heavy (non-hydrogen) atoms. The Labute approximate surface area is 120 Å². The van der Waals surface area contributed by atoms with E-state index >= 15 is 0 Å². The van der Waals surface area contributed by atoms with E-state index in [0.29, 0.717) is 10.0 Å². The van der Waals surface area contributed by atoms with Crippen molar-refractivity contribution in [1.29, 1.82) is 0 Å². The van der Waals surface area contributed by atoms with Crippen LogP contribution in [0.25, 0.3) is 0 Å². The Balaban J connectivity index is 3.34. The topological polar surface area (TPSA) is 72.6 Å². The standard InChI is InChI=1S/C13H18BrNO4/c1-4-10(5-2)19-13-11(8(3)16)6-9(14)7-12(13)15(17)18/h6-8,10,16H,4-5H2,1-3H3/t8-/m0/s1. The summed E-state index contributed by atoms with van der Waals surface area (Å²) in [5.41, 5.74) is 0.296. The van der Waals surface area contributed by atoms with Crippen LogP contribution in [0, 0.1) is 10.1 Å². The van der Waals surface area contributed by atoms with Gasteiger partial charge < -0.3 is 9.84 Å². The van der Waals surface area contributed by atoms with Crippen LogP contribution in [0.3, 0.4) is 0 Å². The van der Waals surface area contributed by atoms with Gasteiger partial charge in [-0.25, -0.2) is 0 Å². The smallest absolute Gasteiger partial charge is 0.312 e. The number of nitrogens with zero attached hydrogens (tertiary/aromatic N) is 1. The first kappa shape index (κ1) is 15.9. The highest BCUT2D eigenvalue weighted by Crippen LogP contribution is 2.38. The maximum Gasteiger partial charge on any atom is 0.312 e. The van der Waals surface area contributed by atoms with E-state index in [2.05, 4.69) is 15.9 Å². The quantitative estimate of drug-likeness (QED) is 0.632. The molecule has 0 radical (unpaired) electrons. The van der Waals surface area contributed by atoms with E-state index in [0.717, 1.165) is 12.8 Å². The fourth-order valence-corrected chi connectivity index (χ4v) is 2.26. The molecule has 1 aromatic carbocycles. The molecular formula is C13H18BrNO4. The number of aliphatic hydroxyl groups excluding tert-OH is 1. The lowest BCUT2D eigenvalue weighted by Gasteiger charge is -2.19. The van der Waals surface area contributed by atoms with Gasteiger partial charge in [0.2, 0.25) is 5.75 Å². The van der Waals surface area contributed by atoms with Crippen LogP contribution in [0.5, 0.6) is 5.75 Å². The second-order valence-corrected chi connectivity index (χ2v) is 5.25. The third-order valence-corrected chi connectivity index (χ3v) is 3.36. The number of hydrogen-bond acceptors (Lipinski definition) is 4. The normalized spacial score (nSPS) is 12.5. The van der Waals surface area contributed by atoms with Crippen LogP contribution in [-0.4, -0.2) is 16.1 Å². The van der Waals surface area contributed by atoms with Gasteiger partial charge in [-0.1, -0.05) is 29.8 Å². The molecule has 0 spiro atoms. The average Bonchev–Trinajstić information content (AvgIpc) is 2.36. The number of hydrogen-bond donors (Lipinski definition) is 1. The van der Waals surface area contributed by atoms with Gasteiger partial charge >= 0.3 is 5.69 Å². The molecule has 1 rings (SSSR count). The van der Waals surface area contributed by atoms with E-state index in [1.54, 1.807) is 13.0 Å². The molecule has 0 amide bonds. The van der Waals surface area contributed by atoms with Crippen LogP contribution in [0.4, 0.5) is 5.69 Å². The number of nitro groups is 1. The van der Waals surface area contributed by atoms with E-state index in [4.69, 9.17) is 4.74 Å². The molecule has 0 aliphatic carbocycles. The minimum Gasteiger partial charge on any atom is -0.483 e. The molecule has 5 nitrogen and oxygen atoms in total. The van der Waals surface area contributed by atoms with Crippen LogP contribution >= 0.6 is 15.9 Å². The molecule has 106 valence electrons. The fourth-order valence-electron chi connectivity index (χ4n) is 1.80. The van der Waals surface area contributed by atoms with Gasteiger partial charge in [-0.2, -0.15) is 0 Å². The number of halogens is 1. The van der Waals surface area contributed by atoms with E-state index in [-0.39, 0.29) is 17.5 Å². The van der Waals surface area contributed by atoms with Crippen molar-refractivity contribution in [3.8, 4) is 5.75 Å². The number of rotatable bonds is 6. The Hall–Kier alpha value is -1.14. The molecule has 0 saturated carbocycles. The number of aliphatic hydroxyl groups is 1. The van der Waals surface area contributed by atoms with Crippen molar-refractivity contribution in [2.45, 2.75) is 45.8 Å². The highest BCUT2D eigenvalue weighted by atomic mass is 79.9. The molecule has 0 heterocycles. The minimum absolute atomic E-state index is 0.0997. The molecule has 0 fully saturated rings. The van der Waals surface area contributed by atoms with Gasteiger partial charge in [0.15, 0.2) is 0 Å². The van der Waals surface area contributed by atoms with E-state index in [1.807, 2.05) is 13.8 Å². The highest BCUT2D eigenvalue weighted by molar-refractivity contribution is 9.10. The average molecular weight is 332 g/mol. The molecule has 1 atom stereocenters. The van der Waals surface area contributed by atoms with Crippen molar-refractivity contribution in [3.05, 3.63) is 32.3 Å². The zero-order valence-corrected chi connectivity index (χ0v) is 12.8. The van der Waals surface area contributed by atoms with E-state index in [1.165, 1.54) is 6.07 Å². The minimum atomic E-state index is -0.833. The fraction of sp³-hybridized carbons (Fsp3) is 0.538. The van der Waals surface area contributed by atoms with Crippen molar-refractivity contribution >= 4 is 21.6 Å². The molecule has 0 aromatic heterocycles. The maximum atomic E-state index is 11.1. The summed E-state index contributed by atoms with van der Waals surface area (Å²) in [5.74, 6) is 0.164. The predicted molar refractivity (Wildman–Crippen MR) is 76.4 cm³/mol. The third kappa shape index (κ3) is 3.91. The molecule has 0 aliphatic heterocycles. The summed E-state index contributed by atoms with van der Waals surface area (Å²) in [6.07, 6.45) is 0.573. The second kappa shape index (κ2) is 6.86. The van der Waals surface area contributed by atoms with Crippen LogP contribution in [-0.2, 0) is 0 Å². The van der Waals surface area contributed by atoms with Gasteiger partial charge in [0.1, 0.15) is 0 Å². The van der Waals surface area contributed by atoms with E-state index < -0.39 is 11.0 Å². The predicted octanol–water partition coefficient (Wildman–Crippen LogP) is 3.98. The van der Waals surface area contributed by atoms with Gasteiger partial charge in [0.25, 0.3) is 0 Å². The first-order valence-corrected chi connectivity index (χ1v) is 7.02. The van der Waals surface area contributed by atoms with Crippen molar-refractivity contribution < 1.29 is 14.8 Å². The van der Waals surface area contributed by atoms with Gasteiger partial charge in [0, 0.05) is 16.1 Å².